The third-order valence-corrected chi connectivity index (χ3v) is 4.52. The fourth-order valence-corrected chi connectivity index (χ4v) is 2.93. The van der Waals surface area contributed by atoms with E-state index in [-0.39, 0.29) is 5.91 Å². The Morgan fingerprint density at radius 2 is 1.89 bits per heavy atom. The van der Waals surface area contributed by atoms with Crippen molar-refractivity contribution in [3.05, 3.63) is 0 Å². The first kappa shape index (κ1) is 15.5. The van der Waals surface area contributed by atoms with Crippen LogP contribution in [0.1, 0.15) is 65.7 Å². The fraction of sp³-hybridized carbons (Fsp3) is 0.933. The smallest absolute Gasteiger partial charge is 0.242 e. The Hall–Kier alpha value is -0.570. The van der Waals surface area contributed by atoms with Gasteiger partial charge in [-0.3, -0.25) is 4.79 Å². The molecule has 1 rings (SSSR count). The van der Waals surface area contributed by atoms with Gasteiger partial charge in [0.2, 0.25) is 5.91 Å². The van der Waals surface area contributed by atoms with Gasteiger partial charge in [-0.05, 0) is 38.0 Å². The van der Waals surface area contributed by atoms with E-state index in [0.717, 1.165) is 44.7 Å². The van der Waals surface area contributed by atoms with Gasteiger partial charge in [-0.1, -0.05) is 33.6 Å². The number of hydrogen-bond donors (Lipinski definition) is 1. The van der Waals surface area contributed by atoms with E-state index in [0.29, 0.717) is 0 Å². The average Bonchev–Trinajstić information content (AvgIpc) is 2.63. The van der Waals surface area contributed by atoms with Gasteiger partial charge in [-0.25, -0.2) is 0 Å². The molecule has 0 aromatic rings. The van der Waals surface area contributed by atoms with Gasteiger partial charge in [0.1, 0.15) is 0 Å². The number of carbonyl (C=O) groups is 1. The predicted octanol–water partition coefficient (Wildman–Crippen LogP) is 2.93. The van der Waals surface area contributed by atoms with E-state index in [1.165, 1.54) is 19.3 Å². The molecule has 18 heavy (non-hydrogen) atoms. The highest BCUT2D eigenvalue weighted by atomic mass is 16.2. The van der Waals surface area contributed by atoms with Crippen LogP contribution >= 0.6 is 0 Å². The van der Waals surface area contributed by atoms with Crippen molar-refractivity contribution in [2.45, 2.75) is 71.3 Å². The van der Waals surface area contributed by atoms with Crippen molar-refractivity contribution < 1.29 is 4.79 Å². The first-order valence-electron chi connectivity index (χ1n) is 7.65. The molecule has 0 radical (unpaired) electrons. The number of hydrogen-bond acceptors (Lipinski definition) is 2. The lowest BCUT2D eigenvalue weighted by molar-refractivity contribution is -0.137. The van der Waals surface area contributed by atoms with Crippen LogP contribution in [0, 0.1) is 5.92 Å². The molecule has 1 heterocycles. The second-order valence-corrected chi connectivity index (χ2v) is 5.74. The summed E-state index contributed by atoms with van der Waals surface area (Å²) in [6.45, 7) is 8.07. The Labute approximate surface area is 112 Å². The van der Waals surface area contributed by atoms with Gasteiger partial charge in [0.15, 0.2) is 0 Å². The Bertz CT molecular complexity index is 261. The summed E-state index contributed by atoms with van der Waals surface area (Å²) in [5, 5.41) is 0. The SMILES string of the molecule is CCCC1CCCN(C(=O)C(N)(CC)CC)CC1. The maximum absolute atomic E-state index is 12.5. The van der Waals surface area contributed by atoms with Crippen molar-refractivity contribution in [1.29, 1.82) is 0 Å². The Kier molecular flexibility index (Phi) is 6.13. The number of likely N-dealkylation sites (tertiary alicyclic amines) is 1. The lowest BCUT2D eigenvalue weighted by atomic mass is 9.92. The number of nitrogens with zero attached hydrogens (tertiary/aromatic N) is 1. The Balaban J connectivity index is 2.59. The normalized spacial score (nSPS) is 21.8. The van der Waals surface area contributed by atoms with Crippen molar-refractivity contribution in [2.24, 2.45) is 11.7 Å². The maximum Gasteiger partial charge on any atom is 0.242 e. The number of carbonyl (C=O) groups excluding carboxylic acids is 1. The Morgan fingerprint density at radius 1 is 1.22 bits per heavy atom. The summed E-state index contributed by atoms with van der Waals surface area (Å²) in [6, 6.07) is 0. The van der Waals surface area contributed by atoms with E-state index in [4.69, 9.17) is 5.73 Å². The highest BCUT2D eigenvalue weighted by Gasteiger charge is 2.34. The number of nitrogens with two attached hydrogens (primary N) is 1. The molecule has 0 aliphatic carbocycles. The molecule has 106 valence electrons. The molecule has 3 nitrogen and oxygen atoms in total. The molecule has 0 aromatic heterocycles. The molecule has 0 aromatic carbocycles. The van der Waals surface area contributed by atoms with Gasteiger partial charge in [-0.2, -0.15) is 0 Å². The molecule has 1 aliphatic heterocycles. The molecule has 1 saturated heterocycles. The lowest BCUT2D eigenvalue weighted by Crippen LogP contribution is -2.54. The van der Waals surface area contributed by atoms with Gasteiger partial charge < -0.3 is 10.6 Å². The molecule has 0 spiro atoms. The second-order valence-electron chi connectivity index (χ2n) is 5.74. The summed E-state index contributed by atoms with van der Waals surface area (Å²) in [6.07, 6.45) is 7.59. The molecule has 1 amide bonds. The molecule has 3 heteroatoms. The molecule has 1 fully saturated rings. The van der Waals surface area contributed by atoms with Gasteiger partial charge in [0.05, 0.1) is 5.54 Å². The number of rotatable bonds is 5. The van der Waals surface area contributed by atoms with Crippen LogP contribution in [0.2, 0.25) is 0 Å². The molecule has 0 saturated carbocycles. The molecule has 1 aliphatic rings. The maximum atomic E-state index is 12.5. The van der Waals surface area contributed by atoms with Crippen LogP contribution in [0.3, 0.4) is 0 Å². The van der Waals surface area contributed by atoms with Crippen LogP contribution in [-0.4, -0.2) is 29.4 Å². The topological polar surface area (TPSA) is 46.3 Å². The van der Waals surface area contributed by atoms with E-state index in [9.17, 15) is 4.79 Å². The largest absolute Gasteiger partial charge is 0.341 e. The van der Waals surface area contributed by atoms with Gasteiger partial charge in [0.25, 0.3) is 0 Å². The van der Waals surface area contributed by atoms with Crippen molar-refractivity contribution >= 4 is 5.91 Å². The van der Waals surface area contributed by atoms with E-state index in [2.05, 4.69) is 6.92 Å². The van der Waals surface area contributed by atoms with Crippen LogP contribution in [0.5, 0.6) is 0 Å². The highest BCUT2D eigenvalue weighted by Crippen LogP contribution is 2.24. The van der Waals surface area contributed by atoms with Crippen LogP contribution in [0.15, 0.2) is 0 Å². The highest BCUT2D eigenvalue weighted by molar-refractivity contribution is 5.86. The molecular weight excluding hydrogens is 224 g/mol. The van der Waals surface area contributed by atoms with Crippen LogP contribution in [-0.2, 0) is 4.79 Å². The third-order valence-electron chi connectivity index (χ3n) is 4.52. The van der Waals surface area contributed by atoms with E-state index in [1.54, 1.807) is 0 Å². The second kappa shape index (κ2) is 7.13. The van der Waals surface area contributed by atoms with Crippen LogP contribution < -0.4 is 5.73 Å². The lowest BCUT2D eigenvalue weighted by Gasteiger charge is -2.32. The minimum atomic E-state index is -0.634. The van der Waals surface area contributed by atoms with Crippen LogP contribution in [0.25, 0.3) is 0 Å². The zero-order valence-corrected chi connectivity index (χ0v) is 12.4. The summed E-state index contributed by atoms with van der Waals surface area (Å²) >= 11 is 0. The fourth-order valence-electron chi connectivity index (χ4n) is 2.93. The molecule has 1 atom stereocenters. The molecule has 1 unspecified atom stereocenters. The molecule has 2 N–H and O–H groups in total. The zero-order valence-electron chi connectivity index (χ0n) is 12.4. The van der Waals surface area contributed by atoms with E-state index < -0.39 is 5.54 Å². The summed E-state index contributed by atoms with van der Waals surface area (Å²) in [5.41, 5.74) is 5.59. The van der Waals surface area contributed by atoms with Crippen molar-refractivity contribution in [1.82, 2.24) is 4.90 Å². The van der Waals surface area contributed by atoms with Gasteiger partial charge in [0, 0.05) is 13.1 Å². The van der Waals surface area contributed by atoms with Crippen LogP contribution in [0.4, 0.5) is 0 Å². The summed E-state index contributed by atoms with van der Waals surface area (Å²) in [4.78, 5) is 14.5. The average molecular weight is 254 g/mol. The molecular formula is C15H30N2O. The summed E-state index contributed by atoms with van der Waals surface area (Å²) in [7, 11) is 0. The standard InChI is InChI=1S/C15H30N2O/c1-4-8-13-9-7-11-17(12-10-13)14(18)15(16,5-2)6-3/h13H,4-12,16H2,1-3H3. The third kappa shape index (κ3) is 3.71. The van der Waals surface area contributed by atoms with E-state index >= 15 is 0 Å². The van der Waals surface area contributed by atoms with Crippen molar-refractivity contribution in [3.8, 4) is 0 Å². The van der Waals surface area contributed by atoms with Crippen molar-refractivity contribution in [2.75, 3.05) is 13.1 Å². The van der Waals surface area contributed by atoms with E-state index in [1.807, 2.05) is 18.7 Å². The number of amides is 1. The first-order valence-corrected chi connectivity index (χ1v) is 7.65. The molecule has 0 bridgehead atoms. The van der Waals surface area contributed by atoms with Gasteiger partial charge in [-0.15, -0.1) is 0 Å². The predicted molar refractivity (Wildman–Crippen MR) is 76.3 cm³/mol. The quantitative estimate of drug-likeness (QED) is 0.820. The minimum Gasteiger partial charge on any atom is -0.341 e. The first-order chi connectivity index (χ1) is 8.57. The minimum absolute atomic E-state index is 0.171. The summed E-state index contributed by atoms with van der Waals surface area (Å²) in [5.74, 6) is 0.980. The zero-order chi connectivity index (χ0) is 13.6. The summed E-state index contributed by atoms with van der Waals surface area (Å²) < 4.78 is 0. The Morgan fingerprint density at radius 3 is 2.44 bits per heavy atom. The van der Waals surface area contributed by atoms with Crippen molar-refractivity contribution in [3.63, 3.8) is 0 Å². The monoisotopic (exact) mass is 254 g/mol. The van der Waals surface area contributed by atoms with Gasteiger partial charge >= 0.3 is 0 Å².